The second-order valence-corrected chi connectivity index (χ2v) is 10.0. The third kappa shape index (κ3) is 5.54. The van der Waals surface area contributed by atoms with Crippen LogP contribution in [-0.4, -0.2) is 29.4 Å². The van der Waals surface area contributed by atoms with Gasteiger partial charge in [-0.1, -0.05) is 54.6 Å². The summed E-state index contributed by atoms with van der Waals surface area (Å²) in [5.74, 6) is -1.67. The number of hydrogen-bond donors (Lipinski definition) is 1. The lowest BCUT2D eigenvalue weighted by Crippen LogP contribution is -2.29. The van der Waals surface area contributed by atoms with Crippen molar-refractivity contribution in [1.82, 2.24) is 0 Å². The van der Waals surface area contributed by atoms with Crippen LogP contribution in [0.4, 0.5) is 5.69 Å². The quantitative estimate of drug-likeness (QED) is 0.112. The third-order valence-electron chi connectivity index (χ3n) is 7.27. The third-order valence-corrected chi connectivity index (χ3v) is 7.27. The van der Waals surface area contributed by atoms with Crippen molar-refractivity contribution >= 4 is 29.1 Å². The Kier molecular flexibility index (Phi) is 8.20. The van der Waals surface area contributed by atoms with Crippen molar-refractivity contribution in [3.05, 3.63) is 136 Å². The molecule has 0 saturated carbocycles. The molecule has 1 fully saturated rings. The SMILES string of the molecule is CCOC(=O)c1ccc(N2C(=O)C(=O)/C(=C(/O)c3ccc(OCc4ccccc4)c(C)c3)C2c2ccccc2C)cc1. The summed E-state index contributed by atoms with van der Waals surface area (Å²) in [7, 11) is 0. The lowest BCUT2D eigenvalue weighted by Gasteiger charge is -2.26. The van der Waals surface area contributed by atoms with Crippen molar-refractivity contribution in [3.63, 3.8) is 0 Å². The molecular weight excluding hydrogens is 530 g/mol. The summed E-state index contributed by atoms with van der Waals surface area (Å²) in [5, 5.41) is 11.6. The van der Waals surface area contributed by atoms with E-state index in [1.165, 1.54) is 4.90 Å². The van der Waals surface area contributed by atoms with Gasteiger partial charge >= 0.3 is 5.97 Å². The molecule has 5 rings (SSSR count). The van der Waals surface area contributed by atoms with Gasteiger partial charge in [-0.25, -0.2) is 4.79 Å². The van der Waals surface area contributed by atoms with Crippen LogP contribution in [0, 0.1) is 13.8 Å². The molecule has 0 radical (unpaired) electrons. The van der Waals surface area contributed by atoms with E-state index in [9.17, 15) is 19.5 Å². The Morgan fingerprint density at radius 2 is 1.50 bits per heavy atom. The van der Waals surface area contributed by atoms with E-state index in [2.05, 4.69) is 0 Å². The Morgan fingerprint density at radius 3 is 2.17 bits per heavy atom. The van der Waals surface area contributed by atoms with Crippen LogP contribution in [-0.2, 0) is 20.9 Å². The number of hydrogen-bond acceptors (Lipinski definition) is 6. The Balaban J connectivity index is 1.55. The monoisotopic (exact) mass is 561 g/mol. The first-order valence-electron chi connectivity index (χ1n) is 13.7. The van der Waals surface area contributed by atoms with Crippen LogP contribution in [0.3, 0.4) is 0 Å². The smallest absolute Gasteiger partial charge is 0.338 e. The second-order valence-electron chi connectivity index (χ2n) is 10.0. The van der Waals surface area contributed by atoms with E-state index >= 15 is 0 Å². The van der Waals surface area contributed by atoms with Crippen molar-refractivity contribution in [1.29, 1.82) is 0 Å². The highest BCUT2D eigenvalue weighted by molar-refractivity contribution is 6.51. The molecule has 1 aliphatic rings. The normalized spacial score (nSPS) is 16.0. The molecule has 212 valence electrons. The number of ether oxygens (including phenoxy) is 2. The number of carbonyl (C=O) groups is 3. The van der Waals surface area contributed by atoms with Gasteiger partial charge in [0.15, 0.2) is 0 Å². The molecule has 1 saturated heterocycles. The summed E-state index contributed by atoms with van der Waals surface area (Å²) in [6.07, 6.45) is 0. The predicted molar refractivity (Wildman–Crippen MR) is 160 cm³/mol. The van der Waals surface area contributed by atoms with Gasteiger partial charge in [0, 0.05) is 11.3 Å². The number of benzene rings is 4. The number of aliphatic hydroxyl groups excluding tert-OH is 1. The lowest BCUT2D eigenvalue weighted by atomic mass is 9.92. The molecule has 1 N–H and O–H groups in total. The molecule has 1 atom stereocenters. The largest absolute Gasteiger partial charge is 0.507 e. The Morgan fingerprint density at radius 1 is 0.833 bits per heavy atom. The average molecular weight is 562 g/mol. The van der Waals surface area contributed by atoms with Crippen LogP contribution in [0.25, 0.3) is 5.76 Å². The Labute approximate surface area is 244 Å². The zero-order valence-electron chi connectivity index (χ0n) is 23.7. The topological polar surface area (TPSA) is 93.1 Å². The summed E-state index contributed by atoms with van der Waals surface area (Å²) in [6.45, 7) is 6.10. The van der Waals surface area contributed by atoms with Gasteiger partial charge in [-0.05, 0) is 85.5 Å². The van der Waals surface area contributed by atoms with Gasteiger partial charge < -0.3 is 14.6 Å². The van der Waals surface area contributed by atoms with Gasteiger partial charge in [0.2, 0.25) is 0 Å². The molecule has 42 heavy (non-hydrogen) atoms. The Hall–Kier alpha value is -5.17. The standard InChI is InChI=1S/C35H31NO6/c1-4-41-35(40)25-14-17-27(18-15-25)36-31(28-13-9-8-10-22(28)2)30(33(38)34(36)39)32(37)26-16-19-29(23(3)20-26)42-21-24-11-6-5-7-12-24/h5-20,31,37H,4,21H2,1-3H3/b32-30+. The maximum absolute atomic E-state index is 13.6. The molecule has 1 aliphatic heterocycles. The van der Waals surface area contributed by atoms with Crippen LogP contribution in [0.2, 0.25) is 0 Å². The van der Waals surface area contributed by atoms with E-state index in [1.807, 2.05) is 68.4 Å². The number of aliphatic hydroxyl groups is 1. The fourth-order valence-corrected chi connectivity index (χ4v) is 5.11. The maximum atomic E-state index is 13.6. The number of Topliss-reactive ketones (excluding diaryl/α,β-unsaturated/α-hetero) is 1. The molecule has 1 heterocycles. The van der Waals surface area contributed by atoms with E-state index in [0.29, 0.717) is 34.7 Å². The van der Waals surface area contributed by atoms with E-state index in [0.717, 1.165) is 16.7 Å². The van der Waals surface area contributed by atoms with Crippen LogP contribution in [0.5, 0.6) is 5.75 Å². The zero-order valence-corrected chi connectivity index (χ0v) is 23.7. The first-order valence-corrected chi connectivity index (χ1v) is 13.7. The van der Waals surface area contributed by atoms with Gasteiger partial charge in [0.25, 0.3) is 11.7 Å². The highest BCUT2D eigenvalue weighted by atomic mass is 16.5. The van der Waals surface area contributed by atoms with Crippen molar-refractivity contribution in [2.45, 2.75) is 33.4 Å². The molecule has 0 spiro atoms. The first-order chi connectivity index (χ1) is 20.3. The molecule has 0 aromatic heterocycles. The first kappa shape index (κ1) is 28.4. The number of amides is 1. The predicted octanol–water partition coefficient (Wildman–Crippen LogP) is 6.69. The summed E-state index contributed by atoms with van der Waals surface area (Å²) in [4.78, 5) is 40.6. The number of esters is 1. The van der Waals surface area contributed by atoms with E-state index in [1.54, 1.807) is 49.4 Å². The van der Waals surface area contributed by atoms with E-state index in [-0.39, 0.29) is 17.9 Å². The van der Waals surface area contributed by atoms with E-state index < -0.39 is 23.7 Å². The van der Waals surface area contributed by atoms with Crippen molar-refractivity contribution in [2.24, 2.45) is 0 Å². The number of aryl methyl sites for hydroxylation is 2. The second kappa shape index (κ2) is 12.1. The molecule has 4 aromatic carbocycles. The number of ketones is 1. The molecule has 7 heteroatoms. The minimum atomic E-state index is -0.881. The number of anilines is 1. The summed E-state index contributed by atoms with van der Waals surface area (Å²) >= 11 is 0. The highest BCUT2D eigenvalue weighted by Gasteiger charge is 2.47. The number of carbonyl (C=O) groups excluding carboxylic acids is 3. The van der Waals surface area contributed by atoms with Crippen molar-refractivity contribution < 1.29 is 29.0 Å². The molecule has 7 nitrogen and oxygen atoms in total. The Bertz CT molecular complexity index is 1670. The molecule has 0 bridgehead atoms. The maximum Gasteiger partial charge on any atom is 0.338 e. The van der Waals surface area contributed by atoms with Gasteiger partial charge in [-0.2, -0.15) is 0 Å². The summed E-state index contributed by atoms with van der Waals surface area (Å²) in [6, 6.07) is 27.8. The number of rotatable bonds is 8. The fraction of sp³-hybridized carbons (Fsp3) is 0.171. The summed E-state index contributed by atoms with van der Waals surface area (Å²) in [5.41, 5.74) is 4.48. The van der Waals surface area contributed by atoms with Gasteiger partial charge in [0.05, 0.1) is 23.8 Å². The van der Waals surface area contributed by atoms with E-state index in [4.69, 9.17) is 9.47 Å². The molecular formula is C35H31NO6. The fourth-order valence-electron chi connectivity index (χ4n) is 5.11. The number of nitrogens with zero attached hydrogens (tertiary/aromatic N) is 1. The molecule has 1 unspecified atom stereocenters. The van der Waals surface area contributed by atoms with Gasteiger partial charge in [-0.15, -0.1) is 0 Å². The molecule has 4 aromatic rings. The van der Waals surface area contributed by atoms with Gasteiger partial charge in [0.1, 0.15) is 18.1 Å². The zero-order chi connectivity index (χ0) is 29.8. The van der Waals surface area contributed by atoms with Crippen LogP contribution in [0.15, 0.2) is 103 Å². The van der Waals surface area contributed by atoms with Gasteiger partial charge in [-0.3, -0.25) is 14.5 Å². The van der Waals surface area contributed by atoms with Crippen molar-refractivity contribution in [2.75, 3.05) is 11.5 Å². The van der Waals surface area contributed by atoms with Crippen LogP contribution < -0.4 is 9.64 Å². The molecule has 0 aliphatic carbocycles. The van der Waals surface area contributed by atoms with Crippen molar-refractivity contribution in [3.8, 4) is 5.75 Å². The highest BCUT2D eigenvalue weighted by Crippen LogP contribution is 2.43. The summed E-state index contributed by atoms with van der Waals surface area (Å²) < 4.78 is 11.1. The molecule has 1 amide bonds. The minimum absolute atomic E-state index is 0.0128. The lowest BCUT2D eigenvalue weighted by molar-refractivity contribution is -0.132. The van der Waals surface area contributed by atoms with Crippen LogP contribution >= 0.6 is 0 Å². The average Bonchev–Trinajstić information content (AvgIpc) is 3.26. The minimum Gasteiger partial charge on any atom is -0.507 e. The van der Waals surface area contributed by atoms with Crippen LogP contribution in [0.1, 0.15) is 51.1 Å².